The maximum absolute atomic E-state index is 13.0. The first-order valence-electron chi connectivity index (χ1n) is 8.01. The van der Waals surface area contributed by atoms with Gasteiger partial charge in [0.15, 0.2) is 0 Å². The fourth-order valence-electron chi connectivity index (χ4n) is 2.55. The van der Waals surface area contributed by atoms with Crippen LogP contribution in [0, 0.1) is 5.92 Å². The second-order valence-corrected chi connectivity index (χ2v) is 7.79. The molecule has 2 rings (SSSR count). The summed E-state index contributed by atoms with van der Waals surface area (Å²) in [5.41, 5.74) is 0.821. The molecule has 0 unspecified atom stereocenters. The molecule has 0 saturated heterocycles. The Bertz CT molecular complexity index is 792. The van der Waals surface area contributed by atoms with Crippen molar-refractivity contribution in [2.24, 2.45) is 5.92 Å². The van der Waals surface area contributed by atoms with Gasteiger partial charge in [-0.1, -0.05) is 19.9 Å². The van der Waals surface area contributed by atoms with Crippen molar-refractivity contribution < 1.29 is 17.9 Å². The number of benzene rings is 1. The first-order chi connectivity index (χ1) is 11.9. The number of hydrogen-bond acceptors (Lipinski definition) is 5. The normalized spacial score (nSPS) is 12.8. The fraction of sp³-hybridized carbons (Fsp3) is 0.389. The van der Waals surface area contributed by atoms with Crippen molar-refractivity contribution in [2.45, 2.75) is 31.2 Å². The summed E-state index contributed by atoms with van der Waals surface area (Å²) >= 11 is 0. The zero-order chi connectivity index (χ0) is 18.4. The van der Waals surface area contributed by atoms with Gasteiger partial charge in [0.05, 0.1) is 14.2 Å². The van der Waals surface area contributed by atoms with E-state index in [2.05, 4.69) is 9.71 Å². The molecule has 1 atom stereocenters. The van der Waals surface area contributed by atoms with Gasteiger partial charge in [-0.05, 0) is 36.1 Å². The molecule has 0 radical (unpaired) electrons. The molecule has 1 N–H and O–H groups in total. The molecule has 2 aromatic rings. The molecule has 136 valence electrons. The van der Waals surface area contributed by atoms with Crippen molar-refractivity contribution in [1.82, 2.24) is 9.71 Å². The molecule has 0 amide bonds. The van der Waals surface area contributed by atoms with Crippen LogP contribution in [0.4, 0.5) is 0 Å². The summed E-state index contributed by atoms with van der Waals surface area (Å²) in [6, 6.07) is 7.97. The highest BCUT2D eigenvalue weighted by atomic mass is 32.2. The predicted octanol–water partition coefficient (Wildman–Crippen LogP) is 3.16. The van der Waals surface area contributed by atoms with E-state index in [0.29, 0.717) is 18.1 Å². The van der Waals surface area contributed by atoms with Gasteiger partial charge in [-0.3, -0.25) is 4.98 Å². The number of nitrogens with one attached hydrogen (secondary N) is 1. The van der Waals surface area contributed by atoms with E-state index >= 15 is 0 Å². The molecule has 0 saturated carbocycles. The third-order valence-electron chi connectivity index (χ3n) is 3.75. The number of rotatable bonds is 8. The largest absolute Gasteiger partial charge is 0.497 e. The smallest absolute Gasteiger partial charge is 0.244 e. The molecule has 0 spiro atoms. The third kappa shape index (κ3) is 4.93. The lowest BCUT2D eigenvalue weighted by molar-refractivity contribution is 0.391. The van der Waals surface area contributed by atoms with E-state index in [1.807, 2.05) is 19.9 Å². The van der Waals surface area contributed by atoms with Gasteiger partial charge in [-0.2, -0.15) is 0 Å². The zero-order valence-electron chi connectivity index (χ0n) is 14.9. The van der Waals surface area contributed by atoms with Crippen LogP contribution in [-0.4, -0.2) is 27.6 Å². The van der Waals surface area contributed by atoms with E-state index in [9.17, 15) is 8.42 Å². The molecule has 1 aromatic carbocycles. The minimum Gasteiger partial charge on any atom is -0.497 e. The highest BCUT2D eigenvalue weighted by Crippen LogP contribution is 2.30. The van der Waals surface area contributed by atoms with Crippen LogP contribution < -0.4 is 14.2 Å². The Morgan fingerprint density at radius 2 is 1.92 bits per heavy atom. The quantitative estimate of drug-likeness (QED) is 0.778. The Balaban J connectivity index is 2.40. The molecule has 0 aliphatic rings. The van der Waals surface area contributed by atoms with Gasteiger partial charge >= 0.3 is 0 Å². The predicted molar refractivity (Wildman–Crippen MR) is 96.3 cm³/mol. The summed E-state index contributed by atoms with van der Waals surface area (Å²) in [6.07, 6.45) is 3.99. The van der Waals surface area contributed by atoms with Crippen LogP contribution in [0.2, 0.25) is 0 Å². The van der Waals surface area contributed by atoms with Gasteiger partial charge in [0.2, 0.25) is 10.0 Å². The Hall–Kier alpha value is -2.12. The standard InChI is InChI=1S/C18H24N2O4S/c1-13(2)10-16(14-6-5-9-19-12-14)20-25(21,22)18-11-15(23-3)7-8-17(18)24-4/h5-9,11-13,16,20H,10H2,1-4H3/t16-/m0/s1. The summed E-state index contributed by atoms with van der Waals surface area (Å²) in [7, 11) is -0.884. The summed E-state index contributed by atoms with van der Waals surface area (Å²) in [5, 5.41) is 0. The maximum atomic E-state index is 13.0. The summed E-state index contributed by atoms with van der Waals surface area (Å²) < 4.78 is 39.1. The zero-order valence-corrected chi connectivity index (χ0v) is 15.7. The van der Waals surface area contributed by atoms with Crippen molar-refractivity contribution in [2.75, 3.05) is 14.2 Å². The van der Waals surface area contributed by atoms with Gasteiger partial charge in [0, 0.05) is 24.5 Å². The highest BCUT2D eigenvalue weighted by Gasteiger charge is 2.26. The minimum absolute atomic E-state index is 0.0481. The van der Waals surface area contributed by atoms with Gasteiger partial charge in [-0.25, -0.2) is 13.1 Å². The van der Waals surface area contributed by atoms with Gasteiger partial charge in [-0.15, -0.1) is 0 Å². The SMILES string of the molecule is COc1ccc(OC)c(S(=O)(=O)N[C@@H](CC(C)C)c2cccnc2)c1. The van der Waals surface area contributed by atoms with Gasteiger partial charge in [0.25, 0.3) is 0 Å². The molecular formula is C18H24N2O4S. The summed E-state index contributed by atoms with van der Waals surface area (Å²) in [5.74, 6) is 1.02. The first-order valence-corrected chi connectivity index (χ1v) is 9.50. The molecule has 6 nitrogen and oxygen atoms in total. The molecule has 0 aliphatic carbocycles. The number of ether oxygens (including phenoxy) is 2. The Labute approximate surface area is 149 Å². The van der Waals surface area contributed by atoms with E-state index in [0.717, 1.165) is 5.56 Å². The first kappa shape index (κ1) is 19.2. The second-order valence-electron chi connectivity index (χ2n) is 6.11. The van der Waals surface area contributed by atoms with Crippen LogP contribution >= 0.6 is 0 Å². The lowest BCUT2D eigenvalue weighted by Gasteiger charge is -2.21. The topological polar surface area (TPSA) is 77.5 Å². The van der Waals surface area contributed by atoms with Gasteiger partial charge in [0.1, 0.15) is 16.4 Å². The average Bonchev–Trinajstić information content (AvgIpc) is 2.60. The fourth-order valence-corrected chi connectivity index (χ4v) is 3.97. The number of aromatic nitrogens is 1. The Morgan fingerprint density at radius 1 is 1.16 bits per heavy atom. The molecule has 25 heavy (non-hydrogen) atoms. The molecule has 1 aromatic heterocycles. The van der Waals surface area contributed by atoms with E-state index in [1.54, 1.807) is 30.6 Å². The highest BCUT2D eigenvalue weighted by molar-refractivity contribution is 7.89. The monoisotopic (exact) mass is 364 g/mol. The molecule has 1 heterocycles. The lowest BCUT2D eigenvalue weighted by Crippen LogP contribution is -2.30. The minimum atomic E-state index is -3.81. The van der Waals surface area contributed by atoms with E-state index in [1.165, 1.54) is 20.3 Å². The lowest BCUT2D eigenvalue weighted by atomic mass is 9.99. The van der Waals surface area contributed by atoms with Crippen LogP contribution in [0.3, 0.4) is 0 Å². The number of hydrogen-bond donors (Lipinski definition) is 1. The van der Waals surface area contributed by atoms with E-state index < -0.39 is 10.0 Å². The molecule has 0 fully saturated rings. The van der Waals surface area contributed by atoms with Crippen molar-refractivity contribution in [1.29, 1.82) is 0 Å². The number of nitrogens with zero attached hydrogens (tertiary/aromatic N) is 1. The van der Waals surface area contributed by atoms with E-state index in [4.69, 9.17) is 9.47 Å². The average molecular weight is 364 g/mol. The Morgan fingerprint density at radius 3 is 2.48 bits per heavy atom. The number of methoxy groups -OCH3 is 2. The van der Waals surface area contributed by atoms with Crippen molar-refractivity contribution >= 4 is 10.0 Å². The van der Waals surface area contributed by atoms with Crippen LogP contribution in [0.25, 0.3) is 0 Å². The summed E-state index contributed by atoms with van der Waals surface area (Å²) in [6.45, 7) is 4.09. The summed E-state index contributed by atoms with van der Waals surface area (Å²) in [4.78, 5) is 4.15. The molecule has 0 aliphatic heterocycles. The third-order valence-corrected chi connectivity index (χ3v) is 5.24. The van der Waals surface area contributed by atoms with Crippen LogP contribution in [0.5, 0.6) is 11.5 Å². The maximum Gasteiger partial charge on any atom is 0.244 e. The molecular weight excluding hydrogens is 340 g/mol. The molecule has 7 heteroatoms. The van der Waals surface area contributed by atoms with Crippen molar-refractivity contribution in [3.05, 3.63) is 48.3 Å². The van der Waals surface area contributed by atoms with Crippen LogP contribution in [0.15, 0.2) is 47.6 Å². The van der Waals surface area contributed by atoms with Crippen LogP contribution in [0.1, 0.15) is 31.9 Å². The van der Waals surface area contributed by atoms with Crippen LogP contribution in [-0.2, 0) is 10.0 Å². The second kappa shape index (κ2) is 8.31. The number of pyridine rings is 1. The van der Waals surface area contributed by atoms with Crippen molar-refractivity contribution in [3.63, 3.8) is 0 Å². The molecule has 0 bridgehead atoms. The number of sulfonamides is 1. The van der Waals surface area contributed by atoms with E-state index in [-0.39, 0.29) is 16.7 Å². The Kier molecular flexibility index (Phi) is 6.39. The van der Waals surface area contributed by atoms with Crippen molar-refractivity contribution in [3.8, 4) is 11.5 Å². The van der Waals surface area contributed by atoms with Gasteiger partial charge < -0.3 is 9.47 Å².